The number of nitrogens with zero attached hydrogens (tertiary/aromatic N) is 1. The molecule has 29 heavy (non-hydrogen) atoms. The van der Waals surface area contributed by atoms with Crippen LogP contribution < -0.4 is 15.4 Å². The molecule has 7 heteroatoms. The zero-order chi connectivity index (χ0) is 20.8. The van der Waals surface area contributed by atoms with Gasteiger partial charge in [0.25, 0.3) is 0 Å². The van der Waals surface area contributed by atoms with E-state index in [1.807, 2.05) is 17.5 Å². The number of thiazole rings is 1. The van der Waals surface area contributed by atoms with Crippen molar-refractivity contribution >= 4 is 22.5 Å². The van der Waals surface area contributed by atoms with Crippen LogP contribution in [0.5, 0.6) is 5.75 Å². The number of methoxy groups -OCH3 is 1. The maximum Gasteiger partial charge on any atom is 0.321 e. The van der Waals surface area contributed by atoms with Crippen LogP contribution in [0.3, 0.4) is 0 Å². The van der Waals surface area contributed by atoms with Crippen LogP contribution in [0.1, 0.15) is 49.4 Å². The average Bonchev–Trinajstić information content (AvgIpc) is 3.16. The number of hydrogen-bond donors (Lipinski definition) is 2. The first kappa shape index (κ1) is 21.6. The van der Waals surface area contributed by atoms with Crippen molar-refractivity contribution in [2.24, 2.45) is 5.92 Å². The lowest BCUT2D eigenvalue weighted by Crippen LogP contribution is -2.42. The highest BCUT2D eigenvalue weighted by molar-refractivity contribution is 7.13. The molecule has 1 aliphatic heterocycles. The second-order valence-electron chi connectivity index (χ2n) is 7.93. The van der Waals surface area contributed by atoms with Gasteiger partial charge in [-0.05, 0) is 43.7 Å². The molecule has 0 spiro atoms. The third-order valence-corrected chi connectivity index (χ3v) is 6.15. The zero-order valence-corrected chi connectivity index (χ0v) is 18.5. The number of carbonyl (C=O) groups is 1. The number of nitrogens with one attached hydrogen (secondary N) is 2. The quantitative estimate of drug-likeness (QED) is 0.682. The Hall–Kier alpha value is -2.12. The predicted molar refractivity (Wildman–Crippen MR) is 117 cm³/mol. The SMILES string of the molecule is COc1ccc(C)cc1CC(NC(=O)Nc1nc(C2CCOCC2)cs1)C(C)C. The molecule has 2 amide bonds. The second kappa shape index (κ2) is 10.1. The molecule has 2 heterocycles. The molecular weight excluding hydrogens is 386 g/mol. The molecule has 2 aromatic rings. The average molecular weight is 418 g/mol. The molecule has 2 N–H and O–H groups in total. The van der Waals surface area contributed by atoms with E-state index in [9.17, 15) is 4.79 Å². The number of aryl methyl sites for hydroxylation is 1. The predicted octanol–water partition coefficient (Wildman–Crippen LogP) is 4.74. The molecule has 1 aromatic carbocycles. The van der Waals surface area contributed by atoms with Gasteiger partial charge in [0.05, 0.1) is 12.8 Å². The molecule has 3 rings (SSSR count). The van der Waals surface area contributed by atoms with Crippen LogP contribution in [0.4, 0.5) is 9.93 Å². The van der Waals surface area contributed by atoms with Gasteiger partial charge >= 0.3 is 6.03 Å². The molecule has 0 bridgehead atoms. The zero-order valence-electron chi connectivity index (χ0n) is 17.7. The van der Waals surface area contributed by atoms with E-state index in [0.29, 0.717) is 17.5 Å². The molecule has 0 radical (unpaired) electrons. The fourth-order valence-corrected chi connectivity index (χ4v) is 4.37. The van der Waals surface area contributed by atoms with Gasteiger partial charge in [-0.3, -0.25) is 5.32 Å². The Morgan fingerprint density at radius 3 is 2.79 bits per heavy atom. The monoisotopic (exact) mass is 417 g/mol. The molecule has 6 nitrogen and oxygen atoms in total. The van der Waals surface area contributed by atoms with Gasteiger partial charge in [-0.25, -0.2) is 9.78 Å². The molecular formula is C22H31N3O3S. The van der Waals surface area contributed by atoms with Crippen molar-refractivity contribution < 1.29 is 14.3 Å². The largest absolute Gasteiger partial charge is 0.496 e. The van der Waals surface area contributed by atoms with Crippen LogP contribution in [0.25, 0.3) is 0 Å². The van der Waals surface area contributed by atoms with E-state index in [4.69, 9.17) is 9.47 Å². The molecule has 1 saturated heterocycles. The van der Waals surface area contributed by atoms with Crippen LogP contribution in [0, 0.1) is 12.8 Å². The third kappa shape index (κ3) is 5.93. The van der Waals surface area contributed by atoms with Crippen molar-refractivity contribution in [3.05, 3.63) is 40.4 Å². The normalized spacial score (nSPS) is 15.9. The van der Waals surface area contributed by atoms with Crippen molar-refractivity contribution in [2.45, 2.75) is 52.0 Å². The highest BCUT2D eigenvalue weighted by atomic mass is 32.1. The van der Waals surface area contributed by atoms with E-state index in [-0.39, 0.29) is 18.0 Å². The van der Waals surface area contributed by atoms with E-state index in [2.05, 4.69) is 42.5 Å². The highest BCUT2D eigenvalue weighted by Gasteiger charge is 2.21. The third-order valence-electron chi connectivity index (χ3n) is 5.38. The summed E-state index contributed by atoms with van der Waals surface area (Å²) in [7, 11) is 1.68. The first-order chi connectivity index (χ1) is 14.0. The number of urea groups is 1. The van der Waals surface area contributed by atoms with Crippen molar-refractivity contribution in [1.29, 1.82) is 0 Å². The number of ether oxygens (including phenoxy) is 2. The Balaban J connectivity index is 1.61. The van der Waals surface area contributed by atoms with Crippen LogP contribution in [0.15, 0.2) is 23.6 Å². The smallest absolute Gasteiger partial charge is 0.321 e. The maximum absolute atomic E-state index is 12.6. The molecule has 1 aliphatic rings. The fourth-order valence-electron chi connectivity index (χ4n) is 3.58. The Labute approximate surface area is 177 Å². The topological polar surface area (TPSA) is 72.5 Å². The summed E-state index contributed by atoms with van der Waals surface area (Å²) in [4.78, 5) is 17.2. The van der Waals surface area contributed by atoms with Gasteiger partial charge in [-0.1, -0.05) is 31.5 Å². The van der Waals surface area contributed by atoms with Crippen molar-refractivity contribution in [1.82, 2.24) is 10.3 Å². The van der Waals surface area contributed by atoms with E-state index in [1.54, 1.807) is 7.11 Å². The summed E-state index contributed by atoms with van der Waals surface area (Å²) >= 11 is 1.48. The Kier molecular flexibility index (Phi) is 7.50. The van der Waals surface area contributed by atoms with Crippen molar-refractivity contribution in [3.8, 4) is 5.75 Å². The van der Waals surface area contributed by atoms with Gasteiger partial charge in [0.1, 0.15) is 5.75 Å². The van der Waals surface area contributed by atoms with Crippen molar-refractivity contribution in [2.75, 3.05) is 25.6 Å². The second-order valence-corrected chi connectivity index (χ2v) is 8.79. The van der Waals surface area contributed by atoms with Gasteiger partial charge in [-0.15, -0.1) is 11.3 Å². The standard InChI is InChI=1S/C22H31N3O3S/c1-14(2)18(12-17-11-15(3)5-6-20(17)27-4)23-21(26)25-22-24-19(13-29-22)16-7-9-28-10-8-16/h5-6,11,13-14,16,18H,7-10,12H2,1-4H3,(H2,23,24,25,26). The maximum atomic E-state index is 12.6. The minimum absolute atomic E-state index is 0.0133. The van der Waals surface area contributed by atoms with Gasteiger partial charge in [-0.2, -0.15) is 0 Å². The van der Waals surface area contributed by atoms with E-state index in [0.717, 1.165) is 43.1 Å². The van der Waals surface area contributed by atoms with Crippen molar-refractivity contribution in [3.63, 3.8) is 0 Å². The summed E-state index contributed by atoms with van der Waals surface area (Å²) in [6, 6.07) is 5.90. The number of amides is 2. The van der Waals surface area contributed by atoms with Gasteiger partial charge < -0.3 is 14.8 Å². The summed E-state index contributed by atoms with van der Waals surface area (Å²) in [6.45, 7) is 7.85. The molecule has 0 aliphatic carbocycles. The summed E-state index contributed by atoms with van der Waals surface area (Å²) < 4.78 is 10.9. The molecule has 1 fully saturated rings. The summed E-state index contributed by atoms with van der Waals surface area (Å²) in [6.07, 6.45) is 2.69. The van der Waals surface area contributed by atoms with Gasteiger partial charge in [0, 0.05) is 30.6 Å². The van der Waals surface area contributed by atoms with E-state index in [1.165, 1.54) is 16.9 Å². The molecule has 158 valence electrons. The fraction of sp³-hybridized carbons (Fsp3) is 0.545. The van der Waals surface area contributed by atoms with E-state index >= 15 is 0 Å². The Bertz CT molecular complexity index is 815. The van der Waals surface area contributed by atoms with Gasteiger partial charge in [0.2, 0.25) is 0 Å². The first-order valence-electron chi connectivity index (χ1n) is 10.2. The minimum Gasteiger partial charge on any atom is -0.496 e. The number of anilines is 1. The number of aromatic nitrogens is 1. The highest BCUT2D eigenvalue weighted by Crippen LogP contribution is 2.29. The molecule has 0 saturated carbocycles. The molecule has 1 atom stereocenters. The lowest BCUT2D eigenvalue weighted by Gasteiger charge is -2.23. The molecule has 1 aromatic heterocycles. The summed E-state index contributed by atoms with van der Waals surface area (Å²) in [5.41, 5.74) is 3.33. The number of rotatable bonds is 7. The Morgan fingerprint density at radius 1 is 1.34 bits per heavy atom. The number of benzene rings is 1. The summed E-state index contributed by atoms with van der Waals surface area (Å²) in [5, 5.41) is 8.70. The van der Waals surface area contributed by atoms with Crippen LogP contribution >= 0.6 is 11.3 Å². The van der Waals surface area contributed by atoms with Crippen LogP contribution in [-0.4, -0.2) is 37.4 Å². The first-order valence-corrected chi connectivity index (χ1v) is 11.1. The van der Waals surface area contributed by atoms with Gasteiger partial charge in [0.15, 0.2) is 5.13 Å². The Morgan fingerprint density at radius 2 is 2.10 bits per heavy atom. The number of carbonyl (C=O) groups excluding carboxylic acids is 1. The van der Waals surface area contributed by atoms with Crippen LogP contribution in [-0.2, 0) is 11.2 Å². The summed E-state index contributed by atoms with van der Waals surface area (Å²) in [5.74, 6) is 1.56. The minimum atomic E-state index is -0.219. The number of hydrogen-bond acceptors (Lipinski definition) is 5. The van der Waals surface area contributed by atoms with E-state index < -0.39 is 0 Å². The lowest BCUT2D eigenvalue weighted by molar-refractivity contribution is 0.0846. The van der Waals surface area contributed by atoms with Crippen LogP contribution in [0.2, 0.25) is 0 Å². The molecule has 1 unspecified atom stereocenters. The lowest BCUT2D eigenvalue weighted by atomic mass is 9.95.